The lowest BCUT2D eigenvalue weighted by molar-refractivity contribution is -0.118. The van der Waals surface area contributed by atoms with Crippen LogP contribution in [0.2, 0.25) is 0 Å². The van der Waals surface area contributed by atoms with Gasteiger partial charge in [-0.15, -0.1) is 0 Å². The SMILES string of the molecule is CC1(COc2ccc(CC3SC(=O)NC3=O)cc2)CC(=O)c2cc(F)ccc2O1. The lowest BCUT2D eigenvalue weighted by Crippen LogP contribution is -2.44. The number of carbonyl (C=O) groups excluding carboxylic acids is 3. The molecule has 2 aliphatic rings. The first kappa shape index (κ1) is 19.4. The molecule has 0 aliphatic carbocycles. The van der Waals surface area contributed by atoms with Crippen LogP contribution in [0.4, 0.5) is 9.18 Å². The number of nitrogens with one attached hydrogen (secondary N) is 1. The van der Waals surface area contributed by atoms with Gasteiger partial charge in [-0.25, -0.2) is 4.39 Å². The Hall–Kier alpha value is -2.87. The Morgan fingerprint density at radius 2 is 1.97 bits per heavy atom. The van der Waals surface area contributed by atoms with Gasteiger partial charge in [-0.3, -0.25) is 19.7 Å². The third-order valence-electron chi connectivity index (χ3n) is 4.79. The molecular weight excluding hydrogens is 397 g/mol. The van der Waals surface area contributed by atoms with Gasteiger partial charge in [-0.1, -0.05) is 23.9 Å². The predicted molar refractivity (Wildman–Crippen MR) is 105 cm³/mol. The van der Waals surface area contributed by atoms with E-state index in [2.05, 4.69) is 5.32 Å². The number of ether oxygens (including phenoxy) is 2. The number of hydrogen-bond acceptors (Lipinski definition) is 6. The molecule has 1 N–H and O–H groups in total. The highest BCUT2D eigenvalue weighted by molar-refractivity contribution is 8.15. The average Bonchev–Trinajstić information content (AvgIpc) is 2.99. The second-order valence-electron chi connectivity index (χ2n) is 7.31. The molecule has 1 fully saturated rings. The third-order valence-corrected chi connectivity index (χ3v) is 5.77. The second-order valence-corrected chi connectivity index (χ2v) is 8.49. The average molecular weight is 415 g/mol. The Kier molecular flexibility index (Phi) is 5.04. The number of ketones is 1. The summed E-state index contributed by atoms with van der Waals surface area (Å²) in [4.78, 5) is 35.3. The van der Waals surface area contributed by atoms with Crippen molar-refractivity contribution in [1.82, 2.24) is 5.32 Å². The van der Waals surface area contributed by atoms with Crippen molar-refractivity contribution in [3.05, 3.63) is 59.4 Å². The summed E-state index contributed by atoms with van der Waals surface area (Å²) in [6.45, 7) is 1.92. The van der Waals surface area contributed by atoms with E-state index >= 15 is 0 Å². The summed E-state index contributed by atoms with van der Waals surface area (Å²) in [5.41, 5.74) is 0.296. The highest BCUT2D eigenvalue weighted by atomic mass is 32.2. The van der Waals surface area contributed by atoms with Crippen molar-refractivity contribution >= 4 is 28.7 Å². The molecule has 2 amide bonds. The van der Waals surface area contributed by atoms with Crippen LogP contribution in [-0.2, 0) is 11.2 Å². The molecule has 8 heteroatoms. The van der Waals surface area contributed by atoms with Crippen molar-refractivity contribution < 1.29 is 28.2 Å². The van der Waals surface area contributed by atoms with E-state index in [1.165, 1.54) is 18.2 Å². The number of imide groups is 1. The zero-order valence-corrected chi connectivity index (χ0v) is 16.4. The van der Waals surface area contributed by atoms with Gasteiger partial charge in [-0.05, 0) is 49.2 Å². The molecule has 150 valence electrons. The summed E-state index contributed by atoms with van der Waals surface area (Å²) in [5, 5.41) is 1.53. The van der Waals surface area contributed by atoms with Crippen molar-refractivity contribution in [2.24, 2.45) is 0 Å². The number of benzene rings is 2. The van der Waals surface area contributed by atoms with E-state index in [4.69, 9.17) is 9.47 Å². The number of rotatable bonds is 5. The number of hydrogen-bond donors (Lipinski definition) is 1. The quantitative estimate of drug-likeness (QED) is 0.805. The van der Waals surface area contributed by atoms with Crippen LogP contribution >= 0.6 is 11.8 Å². The maximum absolute atomic E-state index is 13.4. The Labute approximate surface area is 170 Å². The number of carbonyl (C=O) groups is 3. The maximum atomic E-state index is 13.4. The summed E-state index contributed by atoms with van der Waals surface area (Å²) in [5.74, 6) is 0.0154. The summed E-state index contributed by atoms with van der Waals surface area (Å²) < 4.78 is 25.1. The first-order valence-corrected chi connectivity index (χ1v) is 9.94. The van der Waals surface area contributed by atoms with Crippen LogP contribution in [0.1, 0.15) is 29.3 Å². The Morgan fingerprint density at radius 3 is 2.66 bits per heavy atom. The molecule has 29 heavy (non-hydrogen) atoms. The molecule has 0 saturated carbocycles. The molecule has 1 saturated heterocycles. The van der Waals surface area contributed by atoms with Gasteiger partial charge >= 0.3 is 0 Å². The van der Waals surface area contributed by atoms with Crippen LogP contribution < -0.4 is 14.8 Å². The number of amides is 2. The fourth-order valence-electron chi connectivity index (χ4n) is 3.33. The monoisotopic (exact) mass is 415 g/mol. The van der Waals surface area contributed by atoms with Gasteiger partial charge in [0.15, 0.2) is 5.78 Å². The van der Waals surface area contributed by atoms with E-state index in [9.17, 15) is 18.8 Å². The van der Waals surface area contributed by atoms with Gasteiger partial charge in [0.25, 0.3) is 5.24 Å². The van der Waals surface area contributed by atoms with E-state index < -0.39 is 16.7 Å². The largest absolute Gasteiger partial charge is 0.489 e. The first-order valence-electron chi connectivity index (χ1n) is 9.06. The van der Waals surface area contributed by atoms with Crippen molar-refractivity contribution in [2.75, 3.05) is 6.61 Å². The van der Waals surface area contributed by atoms with Gasteiger partial charge in [0.05, 0.1) is 17.2 Å². The molecule has 0 aromatic heterocycles. The van der Waals surface area contributed by atoms with E-state index in [0.29, 0.717) is 17.9 Å². The highest BCUT2D eigenvalue weighted by Gasteiger charge is 2.37. The Bertz CT molecular complexity index is 993. The fraction of sp³-hybridized carbons (Fsp3) is 0.286. The molecule has 2 unspecified atom stereocenters. The number of Topliss-reactive ketones (excluding diaryl/α,β-unsaturated/α-hetero) is 1. The molecule has 2 aliphatic heterocycles. The van der Waals surface area contributed by atoms with Gasteiger partial charge in [0, 0.05) is 0 Å². The highest BCUT2D eigenvalue weighted by Crippen LogP contribution is 2.34. The molecular formula is C21H18FNO5S. The van der Waals surface area contributed by atoms with Gasteiger partial charge in [-0.2, -0.15) is 0 Å². The number of thioether (sulfide) groups is 1. The Morgan fingerprint density at radius 1 is 1.21 bits per heavy atom. The van der Waals surface area contributed by atoms with E-state index in [1.807, 2.05) is 12.1 Å². The molecule has 6 nitrogen and oxygen atoms in total. The van der Waals surface area contributed by atoms with Gasteiger partial charge < -0.3 is 9.47 Å². The molecule has 0 spiro atoms. The lowest BCUT2D eigenvalue weighted by Gasteiger charge is -2.34. The second kappa shape index (κ2) is 7.51. The van der Waals surface area contributed by atoms with E-state index in [-0.39, 0.29) is 35.5 Å². The van der Waals surface area contributed by atoms with E-state index in [1.54, 1.807) is 19.1 Å². The standard InChI is InChI=1S/C21H18FNO5S/c1-21(10-16(24)15-9-13(22)4-7-17(15)28-21)11-27-14-5-2-12(3-6-14)8-18-19(25)23-20(26)29-18/h2-7,9,18H,8,10-11H2,1H3,(H,23,25,26). The van der Waals surface area contributed by atoms with E-state index in [0.717, 1.165) is 17.3 Å². The summed E-state index contributed by atoms with van der Waals surface area (Å²) in [6, 6.07) is 11.1. The van der Waals surface area contributed by atoms with Gasteiger partial charge in [0.1, 0.15) is 29.5 Å². The maximum Gasteiger partial charge on any atom is 0.286 e. The summed E-state index contributed by atoms with van der Waals surface area (Å²) in [6.07, 6.45) is 0.536. The van der Waals surface area contributed by atoms with Crippen LogP contribution in [0.3, 0.4) is 0 Å². The summed E-state index contributed by atoms with van der Waals surface area (Å²) >= 11 is 0.994. The van der Waals surface area contributed by atoms with Crippen LogP contribution in [0.5, 0.6) is 11.5 Å². The normalized spacial score (nSPS) is 23.4. The van der Waals surface area contributed by atoms with Crippen molar-refractivity contribution in [3.8, 4) is 11.5 Å². The first-order chi connectivity index (χ1) is 13.8. The zero-order chi connectivity index (χ0) is 20.6. The molecule has 2 heterocycles. The molecule has 2 aromatic carbocycles. The van der Waals surface area contributed by atoms with Crippen LogP contribution in [0.15, 0.2) is 42.5 Å². The van der Waals surface area contributed by atoms with Crippen LogP contribution in [0.25, 0.3) is 0 Å². The predicted octanol–water partition coefficient (Wildman–Crippen LogP) is 3.52. The molecule has 4 rings (SSSR count). The van der Waals surface area contributed by atoms with Crippen LogP contribution in [0, 0.1) is 5.82 Å². The molecule has 0 radical (unpaired) electrons. The fourth-order valence-corrected chi connectivity index (χ4v) is 4.19. The van der Waals surface area contributed by atoms with Crippen molar-refractivity contribution in [2.45, 2.75) is 30.6 Å². The lowest BCUT2D eigenvalue weighted by atomic mass is 9.92. The smallest absolute Gasteiger partial charge is 0.286 e. The topological polar surface area (TPSA) is 81.7 Å². The van der Waals surface area contributed by atoms with Crippen molar-refractivity contribution in [1.29, 1.82) is 0 Å². The third kappa shape index (κ3) is 4.27. The molecule has 2 atom stereocenters. The Balaban J connectivity index is 1.38. The van der Waals surface area contributed by atoms with Gasteiger partial charge in [0.2, 0.25) is 5.91 Å². The molecule has 2 aromatic rings. The minimum Gasteiger partial charge on any atom is -0.489 e. The molecule has 0 bridgehead atoms. The van der Waals surface area contributed by atoms with Crippen LogP contribution in [-0.4, -0.2) is 34.4 Å². The summed E-state index contributed by atoms with van der Waals surface area (Å²) in [7, 11) is 0. The minimum absolute atomic E-state index is 0.0869. The zero-order valence-electron chi connectivity index (χ0n) is 15.6. The number of halogens is 1. The number of fused-ring (bicyclic) bond motifs is 1. The minimum atomic E-state index is -0.862. The van der Waals surface area contributed by atoms with Crippen molar-refractivity contribution in [3.63, 3.8) is 0 Å².